The molecule has 0 atom stereocenters. The SMILES string of the molecule is NC(N)=NN=Cc1ccc(-c2ccc3ocnc3c2)cc1. The summed E-state index contributed by atoms with van der Waals surface area (Å²) in [5.74, 6) is -0.0659. The van der Waals surface area contributed by atoms with Crippen LogP contribution in [0.15, 0.2) is 63.5 Å². The smallest absolute Gasteiger partial charge is 0.211 e. The molecule has 6 nitrogen and oxygen atoms in total. The molecule has 6 heteroatoms. The number of guanidine groups is 1. The highest BCUT2D eigenvalue weighted by molar-refractivity contribution is 5.84. The van der Waals surface area contributed by atoms with E-state index in [1.54, 1.807) is 6.21 Å². The number of hydrogen-bond donors (Lipinski definition) is 2. The van der Waals surface area contributed by atoms with Crippen LogP contribution >= 0.6 is 0 Å². The van der Waals surface area contributed by atoms with E-state index in [0.717, 1.165) is 27.8 Å². The maximum absolute atomic E-state index is 5.23. The van der Waals surface area contributed by atoms with Crippen LogP contribution in [0.2, 0.25) is 0 Å². The molecule has 0 aliphatic carbocycles. The lowest BCUT2D eigenvalue weighted by Crippen LogP contribution is -2.21. The van der Waals surface area contributed by atoms with Crippen LogP contribution in [0.5, 0.6) is 0 Å². The third-order valence-corrected chi connectivity index (χ3v) is 2.95. The largest absolute Gasteiger partial charge is 0.443 e. The van der Waals surface area contributed by atoms with E-state index in [-0.39, 0.29) is 5.96 Å². The van der Waals surface area contributed by atoms with Crippen LogP contribution in [0.4, 0.5) is 0 Å². The average Bonchev–Trinajstić information content (AvgIpc) is 2.95. The van der Waals surface area contributed by atoms with Crippen molar-refractivity contribution in [2.45, 2.75) is 0 Å². The summed E-state index contributed by atoms with van der Waals surface area (Å²) in [6.45, 7) is 0. The molecule has 0 saturated carbocycles. The van der Waals surface area contributed by atoms with Crippen molar-refractivity contribution >= 4 is 23.3 Å². The van der Waals surface area contributed by atoms with Crippen molar-refractivity contribution in [3.63, 3.8) is 0 Å². The molecule has 0 amide bonds. The zero-order chi connectivity index (χ0) is 14.7. The van der Waals surface area contributed by atoms with Crippen LogP contribution in [-0.4, -0.2) is 17.2 Å². The topological polar surface area (TPSA) is 103 Å². The molecule has 2 aromatic carbocycles. The summed E-state index contributed by atoms with van der Waals surface area (Å²) in [6, 6.07) is 13.8. The van der Waals surface area contributed by atoms with E-state index in [0.29, 0.717) is 0 Å². The molecule has 0 bridgehead atoms. The third-order valence-electron chi connectivity index (χ3n) is 2.95. The molecule has 0 saturated heterocycles. The summed E-state index contributed by atoms with van der Waals surface area (Å²) in [5, 5.41) is 7.32. The fourth-order valence-electron chi connectivity index (χ4n) is 1.96. The first kappa shape index (κ1) is 12.9. The maximum Gasteiger partial charge on any atom is 0.211 e. The fraction of sp³-hybridized carbons (Fsp3) is 0. The molecule has 1 heterocycles. The van der Waals surface area contributed by atoms with E-state index in [1.807, 2.05) is 42.5 Å². The van der Waals surface area contributed by atoms with Crippen LogP contribution in [0, 0.1) is 0 Å². The highest BCUT2D eigenvalue weighted by atomic mass is 16.3. The van der Waals surface area contributed by atoms with Crippen LogP contribution in [0.25, 0.3) is 22.2 Å². The normalized spacial score (nSPS) is 11.0. The molecule has 3 rings (SSSR count). The highest BCUT2D eigenvalue weighted by Gasteiger charge is 2.02. The van der Waals surface area contributed by atoms with Gasteiger partial charge in [0.2, 0.25) is 5.96 Å². The lowest BCUT2D eigenvalue weighted by atomic mass is 10.0. The molecule has 1 aromatic heterocycles. The zero-order valence-electron chi connectivity index (χ0n) is 11.1. The Labute approximate surface area is 120 Å². The van der Waals surface area contributed by atoms with Crippen molar-refractivity contribution in [2.24, 2.45) is 21.7 Å². The predicted octanol–water partition coefficient (Wildman–Crippen LogP) is 2.10. The fourth-order valence-corrected chi connectivity index (χ4v) is 1.96. The summed E-state index contributed by atoms with van der Waals surface area (Å²) in [7, 11) is 0. The predicted molar refractivity (Wildman–Crippen MR) is 82.8 cm³/mol. The number of hydrogen-bond acceptors (Lipinski definition) is 4. The van der Waals surface area contributed by atoms with E-state index < -0.39 is 0 Å². The second kappa shape index (κ2) is 5.46. The molecule has 21 heavy (non-hydrogen) atoms. The number of rotatable bonds is 3. The summed E-state index contributed by atoms with van der Waals surface area (Å²) < 4.78 is 5.23. The minimum Gasteiger partial charge on any atom is -0.443 e. The molecule has 104 valence electrons. The number of nitrogens with two attached hydrogens (primary N) is 2. The summed E-state index contributed by atoms with van der Waals surface area (Å²) >= 11 is 0. The van der Waals surface area contributed by atoms with Gasteiger partial charge in [-0.1, -0.05) is 30.3 Å². The Morgan fingerprint density at radius 3 is 2.57 bits per heavy atom. The Morgan fingerprint density at radius 1 is 1.05 bits per heavy atom. The van der Waals surface area contributed by atoms with E-state index in [2.05, 4.69) is 15.2 Å². The van der Waals surface area contributed by atoms with E-state index in [9.17, 15) is 0 Å². The van der Waals surface area contributed by atoms with Crippen LogP contribution in [0.1, 0.15) is 5.56 Å². The molecule has 0 spiro atoms. The van der Waals surface area contributed by atoms with E-state index in [4.69, 9.17) is 15.9 Å². The Hall–Kier alpha value is -3.15. The lowest BCUT2D eigenvalue weighted by molar-refractivity contribution is 0.602. The summed E-state index contributed by atoms with van der Waals surface area (Å²) in [6.07, 6.45) is 3.03. The van der Waals surface area contributed by atoms with Gasteiger partial charge in [-0.25, -0.2) is 4.98 Å². The van der Waals surface area contributed by atoms with Crippen molar-refractivity contribution in [2.75, 3.05) is 0 Å². The minimum atomic E-state index is -0.0659. The third kappa shape index (κ3) is 2.89. The number of aromatic nitrogens is 1. The van der Waals surface area contributed by atoms with Crippen molar-refractivity contribution in [1.29, 1.82) is 0 Å². The molecule has 0 radical (unpaired) electrons. The van der Waals surface area contributed by atoms with Gasteiger partial charge in [-0.15, -0.1) is 5.10 Å². The van der Waals surface area contributed by atoms with E-state index in [1.165, 1.54) is 6.39 Å². The standard InChI is InChI=1S/C15H13N5O/c16-15(17)20-19-8-10-1-3-11(4-2-10)12-5-6-14-13(7-12)18-9-21-14/h1-9H,(H4,16,17,20). The summed E-state index contributed by atoms with van der Waals surface area (Å²) in [4.78, 5) is 4.15. The minimum absolute atomic E-state index is 0.0659. The van der Waals surface area contributed by atoms with Gasteiger partial charge >= 0.3 is 0 Å². The number of benzene rings is 2. The van der Waals surface area contributed by atoms with Gasteiger partial charge in [-0.3, -0.25) is 0 Å². The van der Waals surface area contributed by atoms with Crippen molar-refractivity contribution in [1.82, 2.24) is 4.98 Å². The first-order valence-electron chi connectivity index (χ1n) is 6.28. The van der Waals surface area contributed by atoms with Crippen molar-refractivity contribution in [3.8, 4) is 11.1 Å². The Morgan fingerprint density at radius 2 is 1.81 bits per heavy atom. The lowest BCUT2D eigenvalue weighted by Gasteiger charge is -2.01. The van der Waals surface area contributed by atoms with Crippen LogP contribution in [-0.2, 0) is 0 Å². The molecule has 0 aliphatic rings. The van der Waals surface area contributed by atoms with Gasteiger partial charge in [-0.05, 0) is 28.8 Å². The molecule has 0 unspecified atom stereocenters. The molecule has 0 fully saturated rings. The van der Waals surface area contributed by atoms with Gasteiger partial charge in [0.25, 0.3) is 0 Å². The molecule has 3 aromatic rings. The van der Waals surface area contributed by atoms with Crippen LogP contribution in [0.3, 0.4) is 0 Å². The second-order valence-electron chi connectivity index (χ2n) is 4.43. The first-order valence-corrected chi connectivity index (χ1v) is 6.28. The first-order chi connectivity index (χ1) is 10.2. The molecular formula is C15H13N5O. The Bertz CT molecular complexity index is 813. The highest BCUT2D eigenvalue weighted by Crippen LogP contribution is 2.23. The molecular weight excluding hydrogens is 266 g/mol. The number of nitrogens with zero attached hydrogens (tertiary/aromatic N) is 3. The van der Waals surface area contributed by atoms with Gasteiger partial charge in [0.1, 0.15) is 5.52 Å². The van der Waals surface area contributed by atoms with Crippen molar-refractivity contribution < 1.29 is 4.42 Å². The van der Waals surface area contributed by atoms with Gasteiger partial charge in [0.05, 0.1) is 6.21 Å². The quantitative estimate of drug-likeness (QED) is 0.435. The average molecular weight is 279 g/mol. The van der Waals surface area contributed by atoms with Gasteiger partial charge in [-0.2, -0.15) is 5.10 Å². The Balaban J connectivity index is 1.86. The number of oxazole rings is 1. The number of fused-ring (bicyclic) bond motifs is 1. The van der Waals surface area contributed by atoms with Crippen LogP contribution < -0.4 is 11.5 Å². The second-order valence-corrected chi connectivity index (χ2v) is 4.43. The monoisotopic (exact) mass is 279 g/mol. The van der Waals surface area contributed by atoms with Crippen molar-refractivity contribution in [3.05, 3.63) is 54.4 Å². The summed E-state index contributed by atoms with van der Waals surface area (Å²) in [5.41, 5.74) is 15.1. The van der Waals surface area contributed by atoms with Gasteiger partial charge in [0.15, 0.2) is 12.0 Å². The molecule has 4 N–H and O–H groups in total. The van der Waals surface area contributed by atoms with Gasteiger partial charge < -0.3 is 15.9 Å². The molecule has 0 aliphatic heterocycles. The van der Waals surface area contributed by atoms with Gasteiger partial charge in [0, 0.05) is 0 Å². The van der Waals surface area contributed by atoms with E-state index >= 15 is 0 Å². The Kier molecular flexibility index (Phi) is 3.34. The zero-order valence-corrected chi connectivity index (χ0v) is 11.1. The maximum atomic E-state index is 5.23.